The molecule has 46 valence electrons. The molecule has 0 fully saturated rings. The van der Waals surface area contributed by atoms with Gasteiger partial charge >= 0.3 is 29.6 Å². The standard InChI is InChI=1S/C6H5NO2.Na/c8-6-3-1-5(7-9)2-4-6;/h1-4,8H;/q;+1. The smallest absolute Gasteiger partial charge is 0.508 e. The Labute approximate surface area is 80.3 Å². The summed E-state index contributed by atoms with van der Waals surface area (Å²) in [5, 5.41) is 11.4. The summed E-state index contributed by atoms with van der Waals surface area (Å²) in [7, 11) is 0. The number of aromatic hydroxyl groups is 1. The van der Waals surface area contributed by atoms with Crippen LogP contribution in [0.15, 0.2) is 29.4 Å². The molecule has 4 heteroatoms. The fraction of sp³-hybridized carbons (Fsp3) is 0. The van der Waals surface area contributed by atoms with Crippen molar-refractivity contribution in [1.29, 1.82) is 0 Å². The number of hydrogen-bond acceptors (Lipinski definition) is 3. The van der Waals surface area contributed by atoms with Crippen LogP contribution in [-0.2, 0) is 0 Å². The Balaban J connectivity index is 0.000000810. The molecule has 0 atom stereocenters. The second kappa shape index (κ2) is 4.44. The third-order valence-corrected chi connectivity index (χ3v) is 0.955. The van der Waals surface area contributed by atoms with Gasteiger partial charge in [0.15, 0.2) is 0 Å². The van der Waals surface area contributed by atoms with Gasteiger partial charge in [-0.3, -0.25) is 0 Å². The molecule has 0 radical (unpaired) electrons. The zero-order chi connectivity index (χ0) is 6.69. The first kappa shape index (κ1) is 9.62. The van der Waals surface area contributed by atoms with Crippen molar-refractivity contribution in [1.82, 2.24) is 0 Å². The van der Waals surface area contributed by atoms with Crippen molar-refractivity contribution in [2.24, 2.45) is 5.18 Å². The van der Waals surface area contributed by atoms with Crippen LogP contribution < -0.4 is 29.6 Å². The first-order chi connectivity index (χ1) is 4.33. The molecule has 0 amide bonds. The van der Waals surface area contributed by atoms with Crippen LogP contribution in [0.3, 0.4) is 0 Å². The Morgan fingerprint density at radius 1 is 1.20 bits per heavy atom. The summed E-state index contributed by atoms with van der Waals surface area (Å²) in [6.07, 6.45) is 0. The van der Waals surface area contributed by atoms with Crippen LogP contribution >= 0.6 is 0 Å². The van der Waals surface area contributed by atoms with Crippen molar-refractivity contribution in [2.45, 2.75) is 0 Å². The largest absolute Gasteiger partial charge is 1.00 e. The van der Waals surface area contributed by atoms with E-state index in [1.165, 1.54) is 24.3 Å². The molecule has 0 aromatic heterocycles. The zero-order valence-corrected chi connectivity index (χ0v) is 7.61. The number of nitroso groups, excluding NO2 is 1. The van der Waals surface area contributed by atoms with Crippen LogP contribution in [0, 0.1) is 4.91 Å². The van der Waals surface area contributed by atoms with Gasteiger partial charge in [0.05, 0.1) is 0 Å². The van der Waals surface area contributed by atoms with Gasteiger partial charge in [0.1, 0.15) is 11.4 Å². The van der Waals surface area contributed by atoms with Crippen LogP contribution in [0.2, 0.25) is 0 Å². The van der Waals surface area contributed by atoms with Gasteiger partial charge in [0, 0.05) is 0 Å². The summed E-state index contributed by atoms with van der Waals surface area (Å²) in [5.41, 5.74) is 0.327. The van der Waals surface area contributed by atoms with Crippen molar-refractivity contribution in [3.63, 3.8) is 0 Å². The number of benzene rings is 1. The van der Waals surface area contributed by atoms with E-state index >= 15 is 0 Å². The Bertz CT molecular complexity index is 209. The number of hydrogen-bond donors (Lipinski definition) is 1. The van der Waals surface area contributed by atoms with Gasteiger partial charge in [-0.1, -0.05) is 0 Å². The molecule has 0 spiro atoms. The molecule has 1 aromatic rings. The maximum absolute atomic E-state index is 9.79. The summed E-state index contributed by atoms with van der Waals surface area (Å²) in [6, 6.07) is 5.72. The van der Waals surface area contributed by atoms with Crippen LogP contribution in [0.5, 0.6) is 5.75 Å². The SMILES string of the molecule is O=Nc1ccc(O)cc1.[Na+]. The Hall–Kier alpha value is -0.380. The molecule has 0 aliphatic heterocycles. The molecule has 3 nitrogen and oxygen atoms in total. The average Bonchev–Trinajstić information content (AvgIpc) is 1.90. The van der Waals surface area contributed by atoms with E-state index in [0.29, 0.717) is 5.69 Å². The van der Waals surface area contributed by atoms with Gasteiger partial charge in [-0.2, -0.15) is 0 Å². The van der Waals surface area contributed by atoms with E-state index in [2.05, 4.69) is 5.18 Å². The number of nitrogens with zero attached hydrogens (tertiary/aromatic N) is 1. The van der Waals surface area contributed by atoms with Gasteiger partial charge in [-0.05, 0) is 29.4 Å². The monoisotopic (exact) mass is 146 g/mol. The first-order valence-electron chi connectivity index (χ1n) is 2.45. The molecular weight excluding hydrogens is 141 g/mol. The van der Waals surface area contributed by atoms with Crippen molar-refractivity contribution < 1.29 is 34.7 Å². The molecule has 0 aliphatic rings. The van der Waals surface area contributed by atoms with Gasteiger partial charge < -0.3 is 5.11 Å². The van der Waals surface area contributed by atoms with E-state index in [1.54, 1.807) is 0 Å². The summed E-state index contributed by atoms with van der Waals surface area (Å²) < 4.78 is 0. The van der Waals surface area contributed by atoms with Crippen molar-refractivity contribution in [2.75, 3.05) is 0 Å². The van der Waals surface area contributed by atoms with Gasteiger partial charge in [-0.15, -0.1) is 4.91 Å². The minimum absolute atomic E-state index is 0. The second-order valence-electron chi connectivity index (χ2n) is 1.61. The normalized spacial score (nSPS) is 8.00. The second-order valence-corrected chi connectivity index (χ2v) is 1.61. The Morgan fingerprint density at radius 3 is 2.10 bits per heavy atom. The third-order valence-electron chi connectivity index (χ3n) is 0.955. The van der Waals surface area contributed by atoms with E-state index in [-0.39, 0.29) is 35.3 Å². The molecule has 0 saturated heterocycles. The summed E-state index contributed by atoms with van der Waals surface area (Å²) in [4.78, 5) is 9.79. The van der Waals surface area contributed by atoms with E-state index in [0.717, 1.165) is 0 Å². The number of phenolic OH excluding ortho intramolecular Hbond substituents is 1. The molecule has 0 aliphatic carbocycles. The number of rotatable bonds is 1. The zero-order valence-electron chi connectivity index (χ0n) is 5.61. The molecule has 1 aromatic carbocycles. The minimum Gasteiger partial charge on any atom is -0.508 e. The summed E-state index contributed by atoms with van der Waals surface area (Å²) in [5.74, 6) is 0.141. The first-order valence-corrected chi connectivity index (χ1v) is 2.45. The molecule has 0 bridgehead atoms. The van der Waals surface area contributed by atoms with Gasteiger partial charge in [0.2, 0.25) is 0 Å². The molecule has 0 unspecified atom stereocenters. The molecule has 10 heavy (non-hydrogen) atoms. The number of phenols is 1. The fourth-order valence-electron chi connectivity index (χ4n) is 0.513. The predicted molar refractivity (Wildman–Crippen MR) is 33.6 cm³/mol. The molecule has 0 saturated carbocycles. The molecule has 1 rings (SSSR count). The van der Waals surface area contributed by atoms with Crippen LogP contribution in [0.4, 0.5) is 5.69 Å². The van der Waals surface area contributed by atoms with E-state index in [1.807, 2.05) is 0 Å². The van der Waals surface area contributed by atoms with Gasteiger partial charge in [-0.25, -0.2) is 0 Å². The van der Waals surface area contributed by atoms with E-state index < -0.39 is 0 Å². The van der Waals surface area contributed by atoms with Crippen LogP contribution in [0.25, 0.3) is 0 Å². The van der Waals surface area contributed by atoms with Crippen molar-refractivity contribution >= 4 is 5.69 Å². The predicted octanol–water partition coefficient (Wildman–Crippen LogP) is -1.21. The Kier molecular flexibility index (Phi) is 4.27. The molecule has 0 heterocycles. The summed E-state index contributed by atoms with van der Waals surface area (Å²) in [6.45, 7) is 0. The summed E-state index contributed by atoms with van der Waals surface area (Å²) >= 11 is 0. The Morgan fingerprint density at radius 2 is 1.70 bits per heavy atom. The quantitative estimate of drug-likeness (QED) is 0.399. The third kappa shape index (κ3) is 2.47. The average molecular weight is 146 g/mol. The van der Waals surface area contributed by atoms with Crippen molar-refractivity contribution in [3.05, 3.63) is 29.2 Å². The van der Waals surface area contributed by atoms with E-state index in [9.17, 15) is 4.91 Å². The van der Waals surface area contributed by atoms with Gasteiger partial charge in [0.25, 0.3) is 0 Å². The van der Waals surface area contributed by atoms with E-state index in [4.69, 9.17) is 5.11 Å². The molecule has 1 N–H and O–H groups in total. The van der Waals surface area contributed by atoms with Crippen molar-refractivity contribution in [3.8, 4) is 5.75 Å². The maximum atomic E-state index is 9.79. The fourth-order valence-corrected chi connectivity index (χ4v) is 0.513. The van der Waals surface area contributed by atoms with Crippen LogP contribution in [-0.4, -0.2) is 5.11 Å². The maximum Gasteiger partial charge on any atom is 1.00 e. The van der Waals surface area contributed by atoms with Crippen LogP contribution in [0.1, 0.15) is 0 Å². The molecular formula is C6H5NNaO2+. The topological polar surface area (TPSA) is 49.7 Å². The minimum atomic E-state index is 0.